The number of carbonyl (C=O) groups excluding carboxylic acids is 3. The minimum absolute atomic E-state index is 0.0214. The molecular formula is C13H8Cl3N3O4. The maximum atomic E-state index is 12.6. The van der Waals surface area contributed by atoms with Gasteiger partial charge in [-0.15, -0.1) is 0 Å². The molecule has 0 aromatic heterocycles. The minimum Gasteiger partial charge on any atom is -0.464 e. The summed E-state index contributed by atoms with van der Waals surface area (Å²) >= 11 is 18.0. The Balaban J connectivity index is 2.05. The Morgan fingerprint density at radius 3 is 2.39 bits per heavy atom. The summed E-state index contributed by atoms with van der Waals surface area (Å²) < 4.78 is 4.57. The molecule has 120 valence electrons. The summed E-state index contributed by atoms with van der Waals surface area (Å²) in [7, 11) is 1.16. The average Bonchev–Trinajstić information content (AvgIpc) is 3.01. The van der Waals surface area contributed by atoms with E-state index < -0.39 is 29.7 Å². The van der Waals surface area contributed by atoms with Crippen LogP contribution in [0.15, 0.2) is 17.2 Å². The van der Waals surface area contributed by atoms with Crippen LogP contribution in [0.2, 0.25) is 15.1 Å². The number of amides is 2. The van der Waals surface area contributed by atoms with Crippen LogP contribution in [0, 0.1) is 5.92 Å². The summed E-state index contributed by atoms with van der Waals surface area (Å²) in [6, 6.07) is 1.73. The van der Waals surface area contributed by atoms with Gasteiger partial charge in [-0.25, -0.2) is 9.69 Å². The normalized spacial score (nSPS) is 22.8. The summed E-state index contributed by atoms with van der Waals surface area (Å²) in [6.45, 7) is 0. The van der Waals surface area contributed by atoms with Crippen molar-refractivity contribution in [3.8, 4) is 0 Å². The second kappa shape index (κ2) is 5.67. The highest BCUT2D eigenvalue weighted by Crippen LogP contribution is 2.41. The van der Waals surface area contributed by atoms with Crippen LogP contribution in [-0.2, 0) is 19.1 Å². The quantitative estimate of drug-likeness (QED) is 0.626. The van der Waals surface area contributed by atoms with Gasteiger partial charge in [0.05, 0.1) is 22.8 Å². The first-order valence-corrected chi connectivity index (χ1v) is 7.44. The molecule has 3 rings (SSSR count). The van der Waals surface area contributed by atoms with E-state index in [0.29, 0.717) is 0 Å². The Morgan fingerprint density at radius 1 is 1.22 bits per heavy atom. The molecule has 0 radical (unpaired) electrons. The van der Waals surface area contributed by atoms with E-state index in [0.717, 1.165) is 12.0 Å². The van der Waals surface area contributed by atoms with Crippen molar-refractivity contribution in [1.29, 1.82) is 0 Å². The number of esters is 1. The van der Waals surface area contributed by atoms with Crippen LogP contribution in [0.4, 0.5) is 5.69 Å². The number of carbonyl (C=O) groups is 3. The third-order valence-corrected chi connectivity index (χ3v) is 4.32. The molecule has 2 atom stereocenters. The third kappa shape index (κ3) is 2.36. The lowest BCUT2D eigenvalue weighted by Gasteiger charge is -2.18. The van der Waals surface area contributed by atoms with Crippen LogP contribution in [0.5, 0.6) is 0 Å². The van der Waals surface area contributed by atoms with E-state index in [-0.39, 0.29) is 26.5 Å². The molecule has 2 amide bonds. The fourth-order valence-electron chi connectivity index (χ4n) is 2.53. The van der Waals surface area contributed by atoms with Crippen molar-refractivity contribution in [3.05, 3.63) is 27.2 Å². The molecule has 2 heterocycles. The number of anilines is 1. The van der Waals surface area contributed by atoms with E-state index in [1.54, 1.807) is 0 Å². The van der Waals surface area contributed by atoms with Crippen LogP contribution in [0.1, 0.15) is 0 Å². The van der Waals surface area contributed by atoms with Gasteiger partial charge in [-0.2, -0.15) is 5.10 Å². The van der Waals surface area contributed by atoms with Crippen molar-refractivity contribution in [2.45, 2.75) is 6.04 Å². The van der Waals surface area contributed by atoms with E-state index in [1.807, 2.05) is 0 Å². The van der Waals surface area contributed by atoms with Crippen LogP contribution in [0.3, 0.4) is 0 Å². The Hall–Kier alpha value is -1.83. The highest BCUT2D eigenvalue weighted by molar-refractivity contribution is 6.49. The van der Waals surface area contributed by atoms with Crippen LogP contribution < -0.4 is 10.3 Å². The zero-order valence-corrected chi connectivity index (χ0v) is 13.7. The molecule has 7 nitrogen and oxygen atoms in total. The van der Waals surface area contributed by atoms with Gasteiger partial charge in [0.15, 0.2) is 5.71 Å². The Labute approximate surface area is 145 Å². The predicted molar refractivity (Wildman–Crippen MR) is 83.8 cm³/mol. The lowest BCUT2D eigenvalue weighted by atomic mass is 9.99. The van der Waals surface area contributed by atoms with Gasteiger partial charge >= 0.3 is 5.97 Å². The largest absolute Gasteiger partial charge is 0.464 e. The first kappa shape index (κ1) is 16.0. The average molecular weight is 377 g/mol. The van der Waals surface area contributed by atoms with Crippen molar-refractivity contribution >= 4 is 64.0 Å². The zero-order valence-electron chi connectivity index (χ0n) is 11.5. The van der Waals surface area contributed by atoms with Gasteiger partial charge in [0, 0.05) is 5.02 Å². The number of hydrazone groups is 1. The summed E-state index contributed by atoms with van der Waals surface area (Å²) in [5.41, 5.74) is 2.33. The summed E-state index contributed by atoms with van der Waals surface area (Å²) in [5.74, 6) is -3.16. The Bertz CT molecular complexity index is 757. The van der Waals surface area contributed by atoms with Crippen molar-refractivity contribution in [2.24, 2.45) is 11.0 Å². The third-order valence-electron chi connectivity index (χ3n) is 3.52. The minimum atomic E-state index is -1.09. The molecule has 2 aliphatic rings. The zero-order chi connectivity index (χ0) is 16.9. The molecule has 1 saturated heterocycles. The van der Waals surface area contributed by atoms with Crippen LogP contribution >= 0.6 is 34.8 Å². The van der Waals surface area contributed by atoms with Gasteiger partial charge in [0.1, 0.15) is 12.0 Å². The lowest BCUT2D eigenvalue weighted by molar-refractivity contribution is -0.133. The van der Waals surface area contributed by atoms with Crippen LogP contribution in [-0.4, -0.2) is 36.6 Å². The second-order valence-corrected chi connectivity index (χ2v) is 6.05. The number of nitrogens with zero attached hydrogens (tertiary/aromatic N) is 2. The van der Waals surface area contributed by atoms with Gasteiger partial charge in [0.25, 0.3) is 5.91 Å². The van der Waals surface area contributed by atoms with Gasteiger partial charge in [-0.05, 0) is 12.1 Å². The molecule has 0 aliphatic carbocycles. The number of methoxy groups -OCH3 is 1. The molecule has 0 spiro atoms. The maximum Gasteiger partial charge on any atom is 0.355 e. The summed E-state index contributed by atoms with van der Waals surface area (Å²) in [5, 5.41) is 4.06. The number of nitrogens with one attached hydrogen (secondary N) is 1. The highest BCUT2D eigenvalue weighted by atomic mass is 35.5. The van der Waals surface area contributed by atoms with Crippen molar-refractivity contribution in [3.63, 3.8) is 0 Å². The Morgan fingerprint density at radius 2 is 1.83 bits per heavy atom. The molecule has 1 aromatic carbocycles. The standard InChI is InChI=1S/C13H8Cl3N3O4/c1-23-13(22)9-7-8(17-18-9)12(21)19(11(7)20)10-5(15)2-4(14)3-6(10)16/h2-3,7-8,17H,1H3/t7-,8+/m1/s1. The molecule has 1 fully saturated rings. The number of rotatable bonds is 2. The molecule has 0 unspecified atom stereocenters. The molecule has 2 aliphatic heterocycles. The lowest BCUT2D eigenvalue weighted by Crippen LogP contribution is -2.36. The summed E-state index contributed by atoms with van der Waals surface area (Å²) in [6.07, 6.45) is 0. The monoisotopic (exact) mass is 375 g/mol. The molecule has 10 heteroatoms. The first-order chi connectivity index (χ1) is 10.9. The first-order valence-electron chi connectivity index (χ1n) is 6.30. The predicted octanol–water partition coefficient (Wildman–Crippen LogP) is 1.64. The topological polar surface area (TPSA) is 88.1 Å². The molecule has 1 aromatic rings. The van der Waals surface area contributed by atoms with Crippen LogP contribution in [0.25, 0.3) is 0 Å². The van der Waals surface area contributed by atoms with Gasteiger partial charge in [-0.1, -0.05) is 34.8 Å². The smallest absolute Gasteiger partial charge is 0.355 e. The Kier molecular flexibility index (Phi) is 3.95. The molecule has 0 bridgehead atoms. The molecule has 1 N–H and O–H groups in total. The number of halogens is 3. The van der Waals surface area contributed by atoms with E-state index in [9.17, 15) is 14.4 Å². The van der Waals surface area contributed by atoms with Gasteiger partial charge in [0.2, 0.25) is 5.91 Å². The summed E-state index contributed by atoms with van der Waals surface area (Å²) in [4.78, 5) is 37.7. The number of imide groups is 1. The van der Waals surface area contributed by atoms with Gasteiger partial charge in [-0.3, -0.25) is 15.0 Å². The molecular weight excluding hydrogens is 369 g/mol. The van der Waals surface area contributed by atoms with Crippen molar-refractivity contribution in [1.82, 2.24) is 5.43 Å². The number of ether oxygens (including phenoxy) is 1. The van der Waals surface area contributed by atoms with E-state index in [2.05, 4.69) is 15.3 Å². The second-order valence-electron chi connectivity index (χ2n) is 4.80. The number of fused-ring (bicyclic) bond motifs is 1. The van der Waals surface area contributed by atoms with Crippen molar-refractivity contribution < 1.29 is 19.1 Å². The number of benzene rings is 1. The van der Waals surface area contributed by atoms with E-state index in [1.165, 1.54) is 12.1 Å². The fraction of sp³-hybridized carbons (Fsp3) is 0.231. The molecule has 23 heavy (non-hydrogen) atoms. The number of hydrogen-bond donors (Lipinski definition) is 1. The molecule has 0 saturated carbocycles. The van der Waals surface area contributed by atoms with Gasteiger partial charge < -0.3 is 4.74 Å². The van der Waals surface area contributed by atoms with Crippen molar-refractivity contribution in [2.75, 3.05) is 12.0 Å². The SMILES string of the molecule is COC(=O)C1=NN[C@@H]2C(=O)N(c3c(Cl)cc(Cl)cc3Cl)C(=O)[C@@H]12. The number of hydrogen-bond acceptors (Lipinski definition) is 6. The van der Waals surface area contributed by atoms with E-state index >= 15 is 0 Å². The van der Waals surface area contributed by atoms with E-state index in [4.69, 9.17) is 34.8 Å². The fourth-order valence-corrected chi connectivity index (χ4v) is 3.52. The maximum absolute atomic E-state index is 12.6. The highest BCUT2D eigenvalue weighted by Gasteiger charge is 2.56.